The van der Waals surface area contributed by atoms with Gasteiger partial charge >= 0.3 is 0 Å². The SMILES string of the molecule is Cc1cc([N+](=O)[O-])cnc1-n1c(C)nc2ccccc21. The van der Waals surface area contributed by atoms with E-state index in [4.69, 9.17) is 0 Å². The van der Waals surface area contributed by atoms with Crippen molar-refractivity contribution in [1.29, 1.82) is 0 Å². The number of nitrogens with zero attached hydrogens (tertiary/aromatic N) is 4. The first-order valence-electron chi connectivity index (χ1n) is 6.13. The third-order valence-corrected chi connectivity index (χ3v) is 3.19. The lowest BCUT2D eigenvalue weighted by atomic mass is 10.2. The highest BCUT2D eigenvalue weighted by Crippen LogP contribution is 2.23. The first kappa shape index (κ1) is 12.3. The number of pyridine rings is 1. The first-order valence-corrected chi connectivity index (χ1v) is 6.13. The molecular formula is C14H12N4O2. The summed E-state index contributed by atoms with van der Waals surface area (Å²) in [4.78, 5) is 19.0. The summed E-state index contributed by atoms with van der Waals surface area (Å²) in [5, 5.41) is 10.8. The van der Waals surface area contributed by atoms with Crippen LogP contribution in [0.1, 0.15) is 11.4 Å². The van der Waals surface area contributed by atoms with Crippen LogP contribution in [0, 0.1) is 24.0 Å². The molecule has 0 radical (unpaired) electrons. The van der Waals surface area contributed by atoms with Crippen LogP contribution in [0.4, 0.5) is 5.69 Å². The Labute approximate surface area is 114 Å². The van der Waals surface area contributed by atoms with Crippen LogP contribution in [0.15, 0.2) is 36.5 Å². The normalized spacial score (nSPS) is 10.9. The van der Waals surface area contributed by atoms with Crippen molar-refractivity contribution in [3.8, 4) is 5.82 Å². The maximum Gasteiger partial charge on any atom is 0.287 e. The molecule has 0 spiro atoms. The maximum absolute atomic E-state index is 10.8. The average Bonchev–Trinajstić information content (AvgIpc) is 2.74. The number of para-hydroxylation sites is 2. The Morgan fingerprint density at radius 3 is 2.70 bits per heavy atom. The molecule has 2 aromatic heterocycles. The fourth-order valence-electron chi connectivity index (χ4n) is 2.30. The van der Waals surface area contributed by atoms with Gasteiger partial charge in [-0.3, -0.25) is 14.7 Å². The maximum atomic E-state index is 10.8. The van der Waals surface area contributed by atoms with Gasteiger partial charge in [-0.1, -0.05) is 12.1 Å². The number of aromatic nitrogens is 3. The van der Waals surface area contributed by atoms with Crippen molar-refractivity contribution < 1.29 is 4.92 Å². The van der Waals surface area contributed by atoms with E-state index in [2.05, 4.69) is 9.97 Å². The van der Waals surface area contributed by atoms with E-state index in [-0.39, 0.29) is 5.69 Å². The van der Waals surface area contributed by atoms with Gasteiger partial charge in [0.25, 0.3) is 5.69 Å². The topological polar surface area (TPSA) is 73.8 Å². The van der Waals surface area contributed by atoms with E-state index in [0.717, 1.165) is 22.4 Å². The minimum absolute atomic E-state index is 0.00618. The monoisotopic (exact) mass is 268 g/mol. The number of hydrogen-bond donors (Lipinski definition) is 0. The van der Waals surface area contributed by atoms with Crippen molar-refractivity contribution in [2.45, 2.75) is 13.8 Å². The Balaban J connectivity index is 2.26. The number of hydrogen-bond acceptors (Lipinski definition) is 4. The predicted molar refractivity (Wildman–Crippen MR) is 75.0 cm³/mol. The standard InChI is InChI=1S/C14H12N4O2/c1-9-7-11(18(19)20)8-15-14(9)17-10(2)16-12-5-3-4-6-13(12)17/h3-8H,1-2H3. The lowest BCUT2D eigenvalue weighted by Crippen LogP contribution is -2.03. The summed E-state index contributed by atoms with van der Waals surface area (Å²) in [6.07, 6.45) is 1.27. The number of nitro groups is 1. The second kappa shape index (κ2) is 4.41. The number of benzene rings is 1. The van der Waals surface area contributed by atoms with Crippen molar-refractivity contribution in [2.75, 3.05) is 0 Å². The quantitative estimate of drug-likeness (QED) is 0.529. The zero-order valence-electron chi connectivity index (χ0n) is 11.1. The molecule has 0 N–H and O–H groups in total. The number of imidazole rings is 1. The highest BCUT2D eigenvalue weighted by atomic mass is 16.6. The van der Waals surface area contributed by atoms with Gasteiger partial charge in [-0.15, -0.1) is 0 Å². The van der Waals surface area contributed by atoms with Crippen LogP contribution in [-0.4, -0.2) is 19.5 Å². The van der Waals surface area contributed by atoms with Gasteiger partial charge in [0, 0.05) is 6.07 Å². The Morgan fingerprint density at radius 2 is 2.00 bits per heavy atom. The van der Waals surface area contributed by atoms with Crippen LogP contribution >= 0.6 is 0 Å². The van der Waals surface area contributed by atoms with E-state index < -0.39 is 4.92 Å². The Hall–Kier alpha value is -2.76. The number of aryl methyl sites for hydroxylation is 2. The fourth-order valence-corrected chi connectivity index (χ4v) is 2.30. The summed E-state index contributed by atoms with van der Waals surface area (Å²) in [5.41, 5.74) is 2.55. The third kappa shape index (κ3) is 1.82. The molecule has 0 aliphatic carbocycles. The summed E-state index contributed by atoms with van der Waals surface area (Å²) in [7, 11) is 0. The third-order valence-electron chi connectivity index (χ3n) is 3.19. The summed E-state index contributed by atoms with van der Waals surface area (Å²) < 4.78 is 1.91. The van der Waals surface area contributed by atoms with Crippen LogP contribution in [0.3, 0.4) is 0 Å². The van der Waals surface area contributed by atoms with Gasteiger partial charge in [0.1, 0.15) is 17.8 Å². The van der Waals surface area contributed by atoms with Crippen molar-refractivity contribution in [3.05, 3.63) is 58.0 Å². The molecule has 3 rings (SSSR count). The van der Waals surface area contributed by atoms with Gasteiger partial charge in [-0.2, -0.15) is 0 Å². The molecule has 3 aromatic rings. The van der Waals surface area contributed by atoms with E-state index in [9.17, 15) is 10.1 Å². The molecule has 0 aliphatic heterocycles. The molecule has 0 unspecified atom stereocenters. The molecule has 2 heterocycles. The van der Waals surface area contributed by atoms with Gasteiger partial charge in [0.2, 0.25) is 0 Å². The molecule has 20 heavy (non-hydrogen) atoms. The molecule has 1 aromatic carbocycles. The largest absolute Gasteiger partial charge is 0.287 e. The van der Waals surface area contributed by atoms with E-state index >= 15 is 0 Å². The lowest BCUT2D eigenvalue weighted by Gasteiger charge is -2.08. The lowest BCUT2D eigenvalue weighted by molar-refractivity contribution is -0.385. The van der Waals surface area contributed by atoms with E-state index in [1.54, 1.807) is 0 Å². The van der Waals surface area contributed by atoms with Crippen molar-refractivity contribution in [3.63, 3.8) is 0 Å². The van der Waals surface area contributed by atoms with E-state index in [1.165, 1.54) is 12.3 Å². The molecule has 0 saturated carbocycles. The number of rotatable bonds is 2. The summed E-state index contributed by atoms with van der Waals surface area (Å²) in [5.74, 6) is 1.47. The molecule has 100 valence electrons. The highest BCUT2D eigenvalue weighted by molar-refractivity contribution is 5.78. The molecule has 0 fully saturated rings. The molecule has 0 aliphatic rings. The summed E-state index contributed by atoms with van der Waals surface area (Å²) in [6.45, 7) is 3.70. The zero-order chi connectivity index (χ0) is 14.3. The minimum Gasteiger partial charge on any atom is -0.280 e. The van der Waals surface area contributed by atoms with Crippen LogP contribution in [-0.2, 0) is 0 Å². The Bertz CT molecular complexity index is 823. The fraction of sp³-hybridized carbons (Fsp3) is 0.143. The van der Waals surface area contributed by atoms with Gasteiger partial charge in [0.15, 0.2) is 0 Å². The van der Waals surface area contributed by atoms with Gasteiger partial charge < -0.3 is 0 Å². The van der Waals surface area contributed by atoms with Gasteiger partial charge in [-0.25, -0.2) is 9.97 Å². The highest BCUT2D eigenvalue weighted by Gasteiger charge is 2.15. The number of fused-ring (bicyclic) bond motifs is 1. The molecule has 6 nitrogen and oxygen atoms in total. The second-order valence-corrected chi connectivity index (χ2v) is 4.57. The van der Waals surface area contributed by atoms with E-state index in [0.29, 0.717) is 5.82 Å². The Kier molecular flexibility index (Phi) is 2.71. The van der Waals surface area contributed by atoms with Crippen molar-refractivity contribution >= 4 is 16.7 Å². The molecule has 0 atom stereocenters. The molecular weight excluding hydrogens is 256 g/mol. The predicted octanol–water partition coefficient (Wildman–Crippen LogP) is 2.95. The van der Waals surface area contributed by atoms with Gasteiger partial charge in [0.05, 0.1) is 16.0 Å². The smallest absolute Gasteiger partial charge is 0.280 e. The Morgan fingerprint density at radius 1 is 1.25 bits per heavy atom. The van der Waals surface area contributed by atoms with Crippen LogP contribution in [0.5, 0.6) is 0 Å². The minimum atomic E-state index is -0.442. The molecule has 0 amide bonds. The van der Waals surface area contributed by atoms with Crippen LogP contribution in [0.2, 0.25) is 0 Å². The van der Waals surface area contributed by atoms with Gasteiger partial charge in [-0.05, 0) is 31.5 Å². The average molecular weight is 268 g/mol. The van der Waals surface area contributed by atoms with E-state index in [1.807, 2.05) is 42.7 Å². The first-order chi connectivity index (χ1) is 9.58. The second-order valence-electron chi connectivity index (χ2n) is 4.57. The van der Waals surface area contributed by atoms with Crippen LogP contribution < -0.4 is 0 Å². The molecule has 0 bridgehead atoms. The van der Waals surface area contributed by atoms with Crippen molar-refractivity contribution in [1.82, 2.24) is 14.5 Å². The van der Waals surface area contributed by atoms with Crippen LogP contribution in [0.25, 0.3) is 16.9 Å². The molecule has 6 heteroatoms. The summed E-state index contributed by atoms with van der Waals surface area (Å²) >= 11 is 0. The zero-order valence-corrected chi connectivity index (χ0v) is 11.1. The van der Waals surface area contributed by atoms with Crippen molar-refractivity contribution in [2.24, 2.45) is 0 Å². The summed E-state index contributed by atoms with van der Waals surface area (Å²) in [6, 6.07) is 9.27. The molecule has 0 saturated heterocycles.